The largest absolute Gasteiger partial charge is 0.381 e. The number of hydrogen-bond donors (Lipinski definition) is 2. The topological polar surface area (TPSA) is 67.6 Å². The first-order chi connectivity index (χ1) is 11.6. The van der Waals surface area contributed by atoms with E-state index in [0.29, 0.717) is 39.1 Å². The van der Waals surface area contributed by atoms with Gasteiger partial charge in [0.1, 0.15) is 0 Å². The number of nitrogens with two attached hydrogens (primary N) is 1. The lowest BCUT2D eigenvalue weighted by molar-refractivity contribution is -0.136. The van der Waals surface area contributed by atoms with E-state index in [1.807, 2.05) is 6.07 Å². The van der Waals surface area contributed by atoms with Crippen LogP contribution in [0, 0.1) is 5.41 Å². The molecular weight excluding hydrogens is 373 g/mol. The van der Waals surface area contributed by atoms with Crippen LogP contribution in [0.5, 0.6) is 0 Å². The smallest absolute Gasteiger partial charge is 0.227 e. The average molecular weight is 406 g/mol. The highest BCUT2D eigenvalue weighted by atomic mass is 35.5. The number of nitrogens with one attached hydrogen (secondary N) is 1. The summed E-state index contributed by atoms with van der Waals surface area (Å²) < 4.78 is 5.39. The summed E-state index contributed by atoms with van der Waals surface area (Å²) in [5, 5.41) is 3.12. The number of halogens is 2. The van der Waals surface area contributed by atoms with Gasteiger partial charge in [0.05, 0.1) is 5.41 Å². The van der Waals surface area contributed by atoms with Crippen LogP contribution in [0.3, 0.4) is 0 Å². The molecule has 1 fully saturated rings. The second kappa shape index (κ2) is 12.5. The Morgan fingerprint density at radius 1 is 1.15 bits per heavy atom. The van der Waals surface area contributed by atoms with Crippen LogP contribution in [0.15, 0.2) is 24.3 Å². The molecule has 1 amide bonds. The van der Waals surface area contributed by atoms with Crippen molar-refractivity contribution in [1.29, 1.82) is 0 Å². The van der Waals surface area contributed by atoms with Gasteiger partial charge < -0.3 is 15.8 Å². The van der Waals surface area contributed by atoms with E-state index in [1.54, 1.807) is 0 Å². The third-order valence-corrected chi connectivity index (χ3v) is 5.17. The number of ether oxygens (including phenoxy) is 1. The van der Waals surface area contributed by atoms with Crippen molar-refractivity contribution < 1.29 is 9.53 Å². The maximum absolute atomic E-state index is 12.7. The summed E-state index contributed by atoms with van der Waals surface area (Å²) in [6.07, 6.45) is 1.41. The molecule has 0 unspecified atom stereocenters. The fourth-order valence-corrected chi connectivity index (χ4v) is 3.22. The van der Waals surface area contributed by atoms with Gasteiger partial charge in [0, 0.05) is 32.8 Å². The fourth-order valence-electron chi connectivity index (χ4n) is 3.22. The van der Waals surface area contributed by atoms with Gasteiger partial charge in [-0.25, -0.2) is 0 Å². The maximum Gasteiger partial charge on any atom is 0.227 e. The molecule has 3 N–H and O–H groups in total. The highest BCUT2D eigenvalue weighted by Crippen LogP contribution is 2.29. The van der Waals surface area contributed by atoms with Gasteiger partial charge in [-0.15, -0.1) is 24.8 Å². The first-order valence-corrected chi connectivity index (χ1v) is 9.00. The van der Waals surface area contributed by atoms with E-state index in [0.717, 1.165) is 19.6 Å². The number of carbonyl (C=O) groups excluding carboxylic acids is 1. The Labute approximate surface area is 169 Å². The molecule has 1 aliphatic rings. The Morgan fingerprint density at radius 2 is 1.73 bits per heavy atom. The molecule has 1 aromatic carbocycles. The molecule has 1 heterocycles. The molecular formula is C19H33Cl2N3O2. The van der Waals surface area contributed by atoms with Gasteiger partial charge in [-0.3, -0.25) is 9.69 Å². The summed E-state index contributed by atoms with van der Waals surface area (Å²) in [6, 6.07) is 8.33. The second-order valence-electron chi connectivity index (χ2n) is 6.51. The van der Waals surface area contributed by atoms with Gasteiger partial charge in [0.15, 0.2) is 0 Å². The first-order valence-electron chi connectivity index (χ1n) is 9.00. The summed E-state index contributed by atoms with van der Waals surface area (Å²) in [6.45, 7) is 9.46. The van der Waals surface area contributed by atoms with Gasteiger partial charge in [-0.05, 0) is 37.1 Å². The van der Waals surface area contributed by atoms with E-state index in [1.165, 1.54) is 11.1 Å². The fraction of sp³-hybridized carbons (Fsp3) is 0.632. The van der Waals surface area contributed by atoms with Crippen LogP contribution < -0.4 is 11.1 Å². The molecule has 0 aromatic heterocycles. The number of rotatable bonds is 8. The molecule has 0 spiro atoms. The molecule has 0 aliphatic carbocycles. The number of nitrogens with zero attached hydrogens (tertiary/aromatic N) is 1. The van der Waals surface area contributed by atoms with Crippen LogP contribution in [0.1, 0.15) is 37.8 Å². The lowest BCUT2D eigenvalue weighted by Gasteiger charge is -2.34. The summed E-state index contributed by atoms with van der Waals surface area (Å²) in [5.74, 6) is 0.0611. The lowest BCUT2D eigenvalue weighted by atomic mass is 9.79. The quantitative estimate of drug-likeness (QED) is 0.697. The zero-order chi connectivity index (χ0) is 17.4. The van der Waals surface area contributed by atoms with E-state index in [-0.39, 0.29) is 30.7 Å². The minimum atomic E-state index is -0.466. The van der Waals surface area contributed by atoms with Gasteiger partial charge in [-0.2, -0.15) is 0 Å². The monoisotopic (exact) mass is 405 g/mol. The van der Waals surface area contributed by atoms with Crippen molar-refractivity contribution in [3.05, 3.63) is 35.4 Å². The van der Waals surface area contributed by atoms with Crippen LogP contribution in [0.25, 0.3) is 0 Å². The summed E-state index contributed by atoms with van der Waals surface area (Å²) in [5.41, 5.74) is 7.90. The van der Waals surface area contributed by atoms with Crippen LogP contribution in [0.4, 0.5) is 0 Å². The Kier molecular flexibility index (Phi) is 12.1. The molecule has 0 atom stereocenters. The minimum Gasteiger partial charge on any atom is -0.381 e. The Balaban J connectivity index is 0.00000312. The molecule has 1 aliphatic heterocycles. The molecule has 150 valence electrons. The normalized spacial score (nSPS) is 15.7. The Morgan fingerprint density at radius 3 is 2.27 bits per heavy atom. The molecule has 7 heteroatoms. The first kappa shape index (κ1) is 25.1. The third-order valence-electron chi connectivity index (χ3n) is 5.17. The molecule has 0 bridgehead atoms. The molecule has 26 heavy (non-hydrogen) atoms. The van der Waals surface area contributed by atoms with E-state index in [2.05, 4.69) is 42.3 Å². The summed E-state index contributed by atoms with van der Waals surface area (Å²) >= 11 is 0. The van der Waals surface area contributed by atoms with E-state index < -0.39 is 5.41 Å². The Bertz CT molecular complexity index is 533. The van der Waals surface area contributed by atoms with Gasteiger partial charge >= 0.3 is 0 Å². The van der Waals surface area contributed by atoms with Gasteiger partial charge in [-0.1, -0.05) is 38.1 Å². The number of carbonyl (C=O) groups is 1. The van der Waals surface area contributed by atoms with Crippen molar-refractivity contribution in [1.82, 2.24) is 10.2 Å². The highest BCUT2D eigenvalue weighted by Gasteiger charge is 2.38. The highest BCUT2D eigenvalue weighted by molar-refractivity contribution is 5.85. The van der Waals surface area contributed by atoms with Crippen molar-refractivity contribution in [2.75, 3.05) is 32.8 Å². The van der Waals surface area contributed by atoms with Gasteiger partial charge in [0.25, 0.3) is 0 Å². The SMILES string of the molecule is CCN(CC)Cc1ccccc1CNC(=O)C1(CN)CCOCC1.Cl.Cl. The molecule has 1 aromatic rings. The van der Waals surface area contributed by atoms with E-state index >= 15 is 0 Å². The number of amides is 1. The van der Waals surface area contributed by atoms with Gasteiger partial charge in [0.2, 0.25) is 5.91 Å². The van der Waals surface area contributed by atoms with Crippen LogP contribution in [-0.4, -0.2) is 43.7 Å². The number of benzene rings is 1. The summed E-state index contributed by atoms with van der Waals surface area (Å²) in [4.78, 5) is 15.1. The predicted octanol–water partition coefficient (Wildman–Crippen LogP) is 2.74. The van der Waals surface area contributed by atoms with Crippen molar-refractivity contribution in [2.45, 2.75) is 39.8 Å². The third kappa shape index (κ3) is 6.39. The van der Waals surface area contributed by atoms with Crippen LogP contribution in [-0.2, 0) is 22.6 Å². The molecule has 0 saturated carbocycles. The zero-order valence-corrected chi connectivity index (χ0v) is 17.5. The van der Waals surface area contributed by atoms with Crippen LogP contribution in [0.2, 0.25) is 0 Å². The molecule has 0 radical (unpaired) electrons. The van der Waals surface area contributed by atoms with E-state index in [4.69, 9.17) is 10.5 Å². The van der Waals surface area contributed by atoms with E-state index in [9.17, 15) is 4.79 Å². The van der Waals surface area contributed by atoms with Crippen molar-refractivity contribution in [3.63, 3.8) is 0 Å². The molecule has 1 saturated heterocycles. The van der Waals surface area contributed by atoms with Crippen molar-refractivity contribution >= 4 is 30.7 Å². The average Bonchev–Trinajstić information content (AvgIpc) is 2.65. The Hall–Kier alpha value is -0.850. The zero-order valence-electron chi connectivity index (χ0n) is 15.8. The minimum absolute atomic E-state index is 0. The van der Waals surface area contributed by atoms with Crippen LogP contribution >= 0.6 is 24.8 Å². The lowest BCUT2D eigenvalue weighted by Crippen LogP contribution is -2.49. The number of hydrogen-bond acceptors (Lipinski definition) is 4. The second-order valence-corrected chi connectivity index (χ2v) is 6.51. The molecule has 2 rings (SSSR count). The predicted molar refractivity (Wildman–Crippen MR) is 111 cm³/mol. The van der Waals surface area contributed by atoms with Crippen molar-refractivity contribution in [2.24, 2.45) is 11.1 Å². The van der Waals surface area contributed by atoms with Crippen molar-refractivity contribution in [3.8, 4) is 0 Å². The summed E-state index contributed by atoms with van der Waals surface area (Å²) in [7, 11) is 0. The standard InChI is InChI=1S/C19H31N3O2.2ClH/c1-3-22(4-2)14-17-8-6-5-7-16(17)13-21-18(23)19(15-20)9-11-24-12-10-19;;/h5-8H,3-4,9-15,20H2,1-2H3,(H,21,23);2*1H. The molecule has 5 nitrogen and oxygen atoms in total. The maximum atomic E-state index is 12.7.